The number of hydrogen-bond donors (Lipinski definition) is 1. The molecule has 0 fully saturated rings. The van der Waals surface area contributed by atoms with E-state index in [0.29, 0.717) is 0 Å². The van der Waals surface area contributed by atoms with Crippen molar-refractivity contribution in [2.45, 2.75) is 6.42 Å². The van der Waals surface area contributed by atoms with Crippen LogP contribution < -0.4 is 0 Å². The maximum Gasteiger partial charge on any atom is 0.0502 e. The summed E-state index contributed by atoms with van der Waals surface area (Å²) in [6, 6.07) is 5.92. The zero-order chi connectivity index (χ0) is 9.26. The molecule has 0 bridgehead atoms. The molecule has 68 valence electrons. The van der Waals surface area contributed by atoms with Gasteiger partial charge in [-0.15, -0.1) is 0 Å². The highest BCUT2D eigenvalue weighted by atomic mass is 79.9. The number of nitrogens with one attached hydrogen (secondary N) is 1. The minimum Gasteiger partial charge on any atom is -0.361 e. The summed E-state index contributed by atoms with van der Waals surface area (Å²) in [4.78, 5) is 3.21. The lowest BCUT2D eigenvalue weighted by Gasteiger charge is -1.97. The number of halogens is 2. The molecule has 1 aromatic carbocycles. The summed E-state index contributed by atoms with van der Waals surface area (Å²) in [5, 5.41) is 2.95. The van der Waals surface area contributed by atoms with Crippen LogP contribution >= 0.6 is 27.5 Å². The second-order valence-corrected chi connectivity index (χ2v) is 4.12. The Morgan fingerprint density at radius 3 is 3.00 bits per heavy atom. The van der Waals surface area contributed by atoms with Gasteiger partial charge in [-0.3, -0.25) is 0 Å². The van der Waals surface area contributed by atoms with Gasteiger partial charge in [0.05, 0.1) is 5.02 Å². The molecule has 0 spiro atoms. The zero-order valence-electron chi connectivity index (χ0n) is 6.98. The van der Waals surface area contributed by atoms with Crippen molar-refractivity contribution in [1.82, 2.24) is 4.98 Å². The van der Waals surface area contributed by atoms with E-state index < -0.39 is 0 Å². The zero-order valence-corrected chi connectivity index (χ0v) is 9.32. The van der Waals surface area contributed by atoms with Crippen molar-refractivity contribution in [2.75, 3.05) is 5.33 Å². The van der Waals surface area contributed by atoms with E-state index in [2.05, 4.69) is 20.9 Å². The monoisotopic (exact) mass is 257 g/mol. The van der Waals surface area contributed by atoms with E-state index in [4.69, 9.17) is 11.6 Å². The van der Waals surface area contributed by atoms with Crippen molar-refractivity contribution < 1.29 is 0 Å². The van der Waals surface area contributed by atoms with E-state index in [1.807, 2.05) is 24.4 Å². The van der Waals surface area contributed by atoms with Gasteiger partial charge in [0.1, 0.15) is 0 Å². The van der Waals surface area contributed by atoms with E-state index >= 15 is 0 Å². The summed E-state index contributed by atoms with van der Waals surface area (Å²) >= 11 is 9.53. The van der Waals surface area contributed by atoms with E-state index in [-0.39, 0.29) is 0 Å². The summed E-state index contributed by atoms with van der Waals surface area (Å²) in [5.41, 5.74) is 2.39. The molecule has 13 heavy (non-hydrogen) atoms. The lowest BCUT2D eigenvalue weighted by atomic mass is 10.1. The Kier molecular flexibility index (Phi) is 2.61. The largest absolute Gasteiger partial charge is 0.361 e. The number of benzene rings is 1. The van der Waals surface area contributed by atoms with E-state index in [1.165, 1.54) is 5.56 Å². The van der Waals surface area contributed by atoms with Crippen LogP contribution in [-0.2, 0) is 6.42 Å². The van der Waals surface area contributed by atoms with Crippen LogP contribution in [0.4, 0.5) is 0 Å². The van der Waals surface area contributed by atoms with Crippen LogP contribution in [0.1, 0.15) is 5.56 Å². The molecular weight excluding hydrogens is 249 g/mol. The summed E-state index contributed by atoms with van der Waals surface area (Å²) in [5.74, 6) is 0. The third-order valence-electron chi connectivity index (χ3n) is 2.10. The number of aromatic amines is 1. The fourth-order valence-corrected chi connectivity index (χ4v) is 2.23. The minimum absolute atomic E-state index is 0.828. The van der Waals surface area contributed by atoms with Gasteiger partial charge in [-0.1, -0.05) is 33.6 Å². The van der Waals surface area contributed by atoms with Gasteiger partial charge >= 0.3 is 0 Å². The molecule has 1 aromatic heterocycles. The third-order valence-corrected chi connectivity index (χ3v) is 2.81. The van der Waals surface area contributed by atoms with Gasteiger partial charge in [-0.2, -0.15) is 0 Å². The standard InChI is InChI=1S/C10H9BrClN/c11-5-4-7-6-13-9-3-1-2-8(12)10(7)9/h1-3,6,13H,4-5H2. The molecule has 1 nitrogen and oxygen atoms in total. The van der Waals surface area contributed by atoms with Gasteiger partial charge in [-0.25, -0.2) is 0 Å². The SMILES string of the molecule is Clc1cccc2[nH]cc(CCBr)c12. The van der Waals surface area contributed by atoms with Crippen LogP contribution in [-0.4, -0.2) is 10.3 Å². The van der Waals surface area contributed by atoms with Crippen LogP contribution in [0, 0.1) is 0 Å². The normalized spacial score (nSPS) is 10.9. The summed E-state index contributed by atoms with van der Waals surface area (Å²) in [6.07, 6.45) is 3.03. The van der Waals surface area contributed by atoms with Crippen LogP contribution in [0.5, 0.6) is 0 Å². The van der Waals surface area contributed by atoms with Crippen LogP contribution in [0.25, 0.3) is 10.9 Å². The molecule has 2 rings (SSSR count). The number of hydrogen-bond acceptors (Lipinski definition) is 0. The van der Waals surface area contributed by atoms with Crippen LogP contribution in [0.2, 0.25) is 5.02 Å². The molecule has 0 atom stereocenters. The topological polar surface area (TPSA) is 15.8 Å². The molecule has 0 aliphatic rings. The van der Waals surface area contributed by atoms with E-state index in [1.54, 1.807) is 0 Å². The molecule has 0 aliphatic heterocycles. The van der Waals surface area contributed by atoms with Crippen molar-refractivity contribution in [3.63, 3.8) is 0 Å². The number of alkyl halides is 1. The fraction of sp³-hybridized carbons (Fsp3) is 0.200. The summed E-state index contributed by atoms with van der Waals surface area (Å²) in [7, 11) is 0. The number of H-pyrrole nitrogens is 1. The predicted octanol–water partition coefficient (Wildman–Crippen LogP) is 3.76. The van der Waals surface area contributed by atoms with Crippen molar-refractivity contribution in [3.8, 4) is 0 Å². The van der Waals surface area contributed by atoms with Crippen LogP contribution in [0.3, 0.4) is 0 Å². The first-order valence-corrected chi connectivity index (χ1v) is 5.63. The Labute approximate surface area is 90.2 Å². The summed E-state index contributed by atoms with van der Waals surface area (Å²) < 4.78 is 0. The minimum atomic E-state index is 0.828. The molecule has 3 heteroatoms. The molecule has 0 saturated carbocycles. The van der Waals surface area contributed by atoms with Gasteiger partial charge in [-0.05, 0) is 24.1 Å². The molecule has 2 aromatic rings. The average Bonchev–Trinajstić information content (AvgIpc) is 2.51. The van der Waals surface area contributed by atoms with Crippen molar-refractivity contribution in [2.24, 2.45) is 0 Å². The number of aryl methyl sites for hydroxylation is 1. The highest BCUT2D eigenvalue weighted by Gasteiger charge is 2.05. The molecule has 1 N–H and O–H groups in total. The summed E-state index contributed by atoms with van der Waals surface area (Å²) in [6.45, 7) is 0. The lowest BCUT2D eigenvalue weighted by Crippen LogP contribution is -1.82. The molecular formula is C10H9BrClN. The quantitative estimate of drug-likeness (QED) is 0.790. The molecule has 0 saturated heterocycles. The Hall–Kier alpha value is -0.470. The smallest absolute Gasteiger partial charge is 0.0502 e. The van der Waals surface area contributed by atoms with Gasteiger partial charge in [0.2, 0.25) is 0 Å². The maximum absolute atomic E-state index is 6.10. The van der Waals surface area contributed by atoms with E-state index in [9.17, 15) is 0 Å². The number of rotatable bonds is 2. The van der Waals surface area contributed by atoms with Crippen molar-refractivity contribution >= 4 is 38.4 Å². The highest BCUT2D eigenvalue weighted by molar-refractivity contribution is 9.09. The second-order valence-electron chi connectivity index (χ2n) is 2.92. The average molecular weight is 259 g/mol. The molecule has 1 heterocycles. The first-order valence-electron chi connectivity index (χ1n) is 4.13. The first kappa shape index (κ1) is 9.10. The Morgan fingerprint density at radius 1 is 1.38 bits per heavy atom. The molecule has 0 amide bonds. The Balaban J connectivity index is 2.64. The lowest BCUT2D eigenvalue weighted by molar-refractivity contribution is 1.18. The Morgan fingerprint density at radius 2 is 2.23 bits per heavy atom. The number of aromatic nitrogens is 1. The Bertz CT molecular complexity index is 422. The first-order chi connectivity index (χ1) is 6.33. The third kappa shape index (κ3) is 1.61. The maximum atomic E-state index is 6.10. The van der Waals surface area contributed by atoms with Gasteiger partial charge in [0, 0.05) is 22.4 Å². The van der Waals surface area contributed by atoms with Gasteiger partial charge < -0.3 is 4.98 Å². The fourth-order valence-electron chi connectivity index (χ4n) is 1.51. The van der Waals surface area contributed by atoms with Crippen LogP contribution in [0.15, 0.2) is 24.4 Å². The molecule has 0 aliphatic carbocycles. The highest BCUT2D eigenvalue weighted by Crippen LogP contribution is 2.26. The van der Waals surface area contributed by atoms with Gasteiger partial charge in [0.15, 0.2) is 0 Å². The molecule has 0 unspecified atom stereocenters. The molecule has 0 radical (unpaired) electrons. The van der Waals surface area contributed by atoms with Crippen molar-refractivity contribution in [1.29, 1.82) is 0 Å². The van der Waals surface area contributed by atoms with E-state index in [0.717, 1.165) is 27.7 Å². The second kappa shape index (κ2) is 3.72. The predicted molar refractivity (Wildman–Crippen MR) is 60.8 cm³/mol. The van der Waals surface area contributed by atoms with Gasteiger partial charge in [0.25, 0.3) is 0 Å². The number of fused-ring (bicyclic) bond motifs is 1. The van der Waals surface area contributed by atoms with Crippen molar-refractivity contribution in [3.05, 3.63) is 35.0 Å².